The van der Waals surface area contributed by atoms with E-state index in [9.17, 15) is 4.79 Å². The summed E-state index contributed by atoms with van der Waals surface area (Å²) < 4.78 is 4.88. The molecule has 98 valence electrons. The molecule has 0 saturated carbocycles. The molecule has 0 fully saturated rings. The number of rotatable bonds is 8. The van der Waals surface area contributed by atoms with Gasteiger partial charge in [0.25, 0.3) is 0 Å². The third-order valence-electron chi connectivity index (χ3n) is 2.92. The molecule has 0 bridgehead atoms. The van der Waals surface area contributed by atoms with Gasteiger partial charge in [0.2, 0.25) is 5.91 Å². The number of carbonyl (C=O) groups excluding carboxylic acids is 1. The lowest BCUT2D eigenvalue weighted by Gasteiger charge is -2.13. The van der Waals surface area contributed by atoms with Crippen molar-refractivity contribution in [1.82, 2.24) is 10.6 Å². The van der Waals surface area contributed by atoms with E-state index in [1.54, 1.807) is 7.11 Å². The molecule has 0 saturated heterocycles. The third-order valence-corrected chi connectivity index (χ3v) is 2.92. The Morgan fingerprint density at radius 1 is 1.41 bits per heavy atom. The normalized spacial score (nSPS) is 15.5. The Bertz CT molecular complexity index is 252. The van der Waals surface area contributed by atoms with Crippen LogP contribution >= 0.6 is 0 Å². The van der Waals surface area contributed by atoms with Gasteiger partial charge in [-0.25, -0.2) is 0 Å². The Morgan fingerprint density at radius 3 is 3.00 bits per heavy atom. The van der Waals surface area contributed by atoms with Crippen LogP contribution in [0.3, 0.4) is 0 Å². The van der Waals surface area contributed by atoms with Crippen LogP contribution in [0.15, 0.2) is 11.6 Å². The molecule has 1 amide bonds. The van der Waals surface area contributed by atoms with Crippen LogP contribution < -0.4 is 10.6 Å². The maximum atomic E-state index is 11.4. The molecule has 2 N–H and O–H groups in total. The van der Waals surface area contributed by atoms with Crippen molar-refractivity contribution in [3.8, 4) is 0 Å². The van der Waals surface area contributed by atoms with E-state index in [0.717, 1.165) is 19.5 Å². The van der Waals surface area contributed by atoms with Crippen LogP contribution in [0.25, 0.3) is 0 Å². The molecule has 0 heterocycles. The lowest BCUT2D eigenvalue weighted by Crippen LogP contribution is -2.35. The highest BCUT2D eigenvalue weighted by Gasteiger charge is 2.04. The van der Waals surface area contributed by atoms with Crippen molar-refractivity contribution in [3.05, 3.63) is 11.6 Å². The quantitative estimate of drug-likeness (QED) is 0.495. The zero-order valence-corrected chi connectivity index (χ0v) is 10.8. The molecule has 0 unspecified atom stereocenters. The summed E-state index contributed by atoms with van der Waals surface area (Å²) in [6, 6.07) is 0. The standard InChI is InChI=1S/C13H24N2O2/c1-17-10-9-14-11-13(16)15-8-7-12-5-3-2-4-6-12/h5,14H,2-4,6-11H2,1H3,(H,15,16). The fourth-order valence-corrected chi connectivity index (χ4v) is 1.93. The molecule has 0 aromatic carbocycles. The predicted octanol–water partition coefficient (Wildman–Crippen LogP) is 1.23. The summed E-state index contributed by atoms with van der Waals surface area (Å²) in [6.45, 7) is 2.49. The average molecular weight is 240 g/mol. The van der Waals surface area contributed by atoms with Crippen molar-refractivity contribution in [2.24, 2.45) is 0 Å². The van der Waals surface area contributed by atoms with Crippen LogP contribution in [-0.2, 0) is 9.53 Å². The van der Waals surface area contributed by atoms with Crippen molar-refractivity contribution < 1.29 is 9.53 Å². The summed E-state index contributed by atoms with van der Waals surface area (Å²) >= 11 is 0. The zero-order valence-electron chi connectivity index (χ0n) is 10.8. The van der Waals surface area contributed by atoms with Crippen LogP contribution in [0.5, 0.6) is 0 Å². The molecule has 0 radical (unpaired) electrons. The van der Waals surface area contributed by atoms with E-state index >= 15 is 0 Å². The number of hydrogen-bond donors (Lipinski definition) is 2. The summed E-state index contributed by atoms with van der Waals surface area (Å²) in [5, 5.41) is 5.95. The van der Waals surface area contributed by atoms with E-state index in [0.29, 0.717) is 13.2 Å². The van der Waals surface area contributed by atoms with Crippen LogP contribution in [0, 0.1) is 0 Å². The first-order valence-corrected chi connectivity index (χ1v) is 6.47. The molecule has 0 aromatic heterocycles. The van der Waals surface area contributed by atoms with Crippen LogP contribution in [0.1, 0.15) is 32.1 Å². The molecule has 1 aliphatic carbocycles. The third kappa shape index (κ3) is 7.13. The predicted molar refractivity (Wildman–Crippen MR) is 68.9 cm³/mol. The minimum Gasteiger partial charge on any atom is -0.383 e. The molecule has 0 aromatic rings. The monoisotopic (exact) mass is 240 g/mol. The maximum absolute atomic E-state index is 11.4. The lowest BCUT2D eigenvalue weighted by molar-refractivity contribution is -0.120. The smallest absolute Gasteiger partial charge is 0.233 e. The highest BCUT2D eigenvalue weighted by Crippen LogP contribution is 2.19. The van der Waals surface area contributed by atoms with E-state index in [2.05, 4.69) is 16.7 Å². The molecule has 0 spiro atoms. The van der Waals surface area contributed by atoms with Gasteiger partial charge in [-0.1, -0.05) is 11.6 Å². The van der Waals surface area contributed by atoms with E-state index < -0.39 is 0 Å². The topological polar surface area (TPSA) is 50.4 Å². The summed E-state index contributed by atoms with van der Waals surface area (Å²) in [5.74, 6) is 0.0671. The van der Waals surface area contributed by atoms with Gasteiger partial charge in [0.05, 0.1) is 13.2 Å². The molecule has 4 nitrogen and oxygen atoms in total. The summed E-state index contributed by atoms with van der Waals surface area (Å²) in [5.41, 5.74) is 1.50. The first-order valence-electron chi connectivity index (χ1n) is 6.47. The summed E-state index contributed by atoms with van der Waals surface area (Å²) in [6.07, 6.45) is 8.37. The molecule has 1 rings (SSSR count). The highest BCUT2D eigenvalue weighted by molar-refractivity contribution is 5.77. The van der Waals surface area contributed by atoms with Crippen LogP contribution in [0.4, 0.5) is 0 Å². The van der Waals surface area contributed by atoms with Gasteiger partial charge in [-0.3, -0.25) is 4.79 Å². The number of hydrogen-bond acceptors (Lipinski definition) is 3. The van der Waals surface area contributed by atoms with E-state index in [1.165, 1.54) is 31.3 Å². The first kappa shape index (κ1) is 14.2. The van der Waals surface area contributed by atoms with E-state index in [-0.39, 0.29) is 5.91 Å². The van der Waals surface area contributed by atoms with Gasteiger partial charge in [-0.15, -0.1) is 0 Å². The van der Waals surface area contributed by atoms with E-state index in [1.807, 2.05) is 0 Å². The minimum absolute atomic E-state index is 0.0671. The number of ether oxygens (including phenoxy) is 1. The van der Waals surface area contributed by atoms with Gasteiger partial charge in [-0.05, 0) is 32.1 Å². The lowest BCUT2D eigenvalue weighted by atomic mass is 9.97. The van der Waals surface area contributed by atoms with Gasteiger partial charge in [-0.2, -0.15) is 0 Å². The Labute approximate surface area is 104 Å². The number of amides is 1. The molecule has 17 heavy (non-hydrogen) atoms. The van der Waals surface area contributed by atoms with Gasteiger partial charge < -0.3 is 15.4 Å². The number of methoxy groups -OCH3 is 1. The second kappa shape index (κ2) is 9.19. The first-order chi connectivity index (χ1) is 8.33. The zero-order chi connectivity index (χ0) is 12.3. The van der Waals surface area contributed by atoms with Gasteiger partial charge in [0, 0.05) is 20.2 Å². The molecule has 1 aliphatic rings. The molecular formula is C13H24N2O2. The minimum atomic E-state index is 0.0671. The number of nitrogens with one attached hydrogen (secondary N) is 2. The van der Waals surface area contributed by atoms with Gasteiger partial charge >= 0.3 is 0 Å². The van der Waals surface area contributed by atoms with Gasteiger partial charge in [0.15, 0.2) is 0 Å². The second-order valence-electron chi connectivity index (χ2n) is 4.38. The van der Waals surface area contributed by atoms with Crippen molar-refractivity contribution >= 4 is 5.91 Å². The fourth-order valence-electron chi connectivity index (χ4n) is 1.93. The van der Waals surface area contributed by atoms with Crippen LogP contribution in [0.2, 0.25) is 0 Å². The summed E-state index contributed by atoms with van der Waals surface area (Å²) in [7, 11) is 1.65. The van der Waals surface area contributed by atoms with E-state index in [4.69, 9.17) is 4.74 Å². The molecular weight excluding hydrogens is 216 g/mol. The van der Waals surface area contributed by atoms with Crippen molar-refractivity contribution in [2.45, 2.75) is 32.1 Å². The SMILES string of the molecule is COCCNCC(=O)NCCC1=CCCCC1. The molecule has 0 aliphatic heterocycles. The Hall–Kier alpha value is -0.870. The Kier molecular flexibility index (Phi) is 7.67. The fraction of sp³-hybridized carbons (Fsp3) is 0.769. The Balaban J connectivity index is 1.98. The molecule has 4 heteroatoms. The van der Waals surface area contributed by atoms with Crippen molar-refractivity contribution in [3.63, 3.8) is 0 Å². The molecule has 0 atom stereocenters. The van der Waals surface area contributed by atoms with Gasteiger partial charge in [0.1, 0.15) is 0 Å². The maximum Gasteiger partial charge on any atom is 0.233 e. The van der Waals surface area contributed by atoms with Crippen molar-refractivity contribution in [1.29, 1.82) is 0 Å². The van der Waals surface area contributed by atoms with Crippen LogP contribution in [-0.4, -0.2) is 39.3 Å². The number of carbonyl (C=O) groups is 1. The summed E-state index contributed by atoms with van der Waals surface area (Å²) in [4.78, 5) is 11.4. The highest BCUT2D eigenvalue weighted by atomic mass is 16.5. The largest absolute Gasteiger partial charge is 0.383 e. The number of allylic oxidation sites excluding steroid dienone is 1. The van der Waals surface area contributed by atoms with Crippen molar-refractivity contribution in [2.75, 3.05) is 33.4 Å². The average Bonchev–Trinajstić information content (AvgIpc) is 2.36. The second-order valence-corrected chi connectivity index (χ2v) is 4.38. The Morgan fingerprint density at radius 2 is 2.29 bits per heavy atom.